The summed E-state index contributed by atoms with van der Waals surface area (Å²) >= 11 is 0. The molecule has 0 saturated carbocycles. The number of rotatable bonds is 6. The van der Waals surface area contributed by atoms with Gasteiger partial charge in [-0.3, -0.25) is 14.5 Å². The molecule has 1 heterocycles. The van der Waals surface area contributed by atoms with Crippen molar-refractivity contribution in [2.45, 2.75) is 26.3 Å². The lowest BCUT2D eigenvalue weighted by Crippen LogP contribution is -2.51. The van der Waals surface area contributed by atoms with Crippen molar-refractivity contribution in [1.82, 2.24) is 15.1 Å². The summed E-state index contributed by atoms with van der Waals surface area (Å²) in [5, 5.41) is 2.94. The van der Waals surface area contributed by atoms with Crippen molar-refractivity contribution in [3.05, 3.63) is 29.6 Å². The fourth-order valence-corrected chi connectivity index (χ4v) is 2.72. The first-order chi connectivity index (χ1) is 11.9. The number of hydrogen-bond donors (Lipinski definition) is 1. The van der Waals surface area contributed by atoms with E-state index in [2.05, 4.69) is 5.32 Å². The monoisotopic (exact) mass is 351 g/mol. The number of carbonyl (C=O) groups excluding carboxylic acids is 2. The van der Waals surface area contributed by atoms with Gasteiger partial charge in [0.05, 0.1) is 13.7 Å². The third kappa shape index (κ3) is 5.16. The van der Waals surface area contributed by atoms with Crippen molar-refractivity contribution in [3.63, 3.8) is 0 Å². The van der Waals surface area contributed by atoms with E-state index in [0.29, 0.717) is 38.3 Å². The summed E-state index contributed by atoms with van der Waals surface area (Å²) < 4.78 is 18.6. The number of amides is 2. The van der Waals surface area contributed by atoms with E-state index >= 15 is 0 Å². The Morgan fingerprint density at radius 3 is 2.52 bits per heavy atom. The number of ether oxygens (including phenoxy) is 1. The van der Waals surface area contributed by atoms with Crippen LogP contribution in [-0.4, -0.2) is 67.5 Å². The van der Waals surface area contributed by atoms with Crippen LogP contribution in [0.3, 0.4) is 0 Å². The van der Waals surface area contributed by atoms with Gasteiger partial charge >= 0.3 is 0 Å². The molecule has 0 radical (unpaired) electrons. The van der Waals surface area contributed by atoms with Crippen molar-refractivity contribution in [3.8, 4) is 5.75 Å². The fraction of sp³-hybridized carbons (Fsp3) is 0.556. The van der Waals surface area contributed by atoms with Crippen LogP contribution in [0.25, 0.3) is 0 Å². The Bertz CT molecular complexity index is 616. The Hall–Kier alpha value is -2.15. The molecular formula is C18H26FN3O3. The van der Waals surface area contributed by atoms with Gasteiger partial charge in [0.15, 0.2) is 11.6 Å². The van der Waals surface area contributed by atoms with Crippen LogP contribution in [0.5, 0.6) is 5.75 Å². The van der Waals surface area contributed by atoms with E-state index in [1.807, 2.05) is 18.7 Å². The van der Waals surface area contributed by atoms with Crippen LogP contribution < -0.4 is 10.1 Å². The summed E-state index contributed by atoms with van der Waals surface area (Å²) in [6.45, 7) is 6.62. The molecule has 0 aliphatic carbocycles. The highest BCUT2D eigenvalue weighted by molar-refractivity contribution is 5.94. The van der Waals surface area contributed by atoms with Crippen molar-refractivity contribution < 1.29 is 18.7 Å². The Kier molecular flexibility index (Phi) is 6.75. The highest BCUT2D eigenvalue weighted by Crippen LogP contribution is 2.19. The van der Waals surface area contributed by atoms with Gasteiger partial charge in [-0.2, -0.15) is 0 Å². The van der Waals surface area contributed by atoms with E-state index in [-0.39, 0.29) is 23.6 Å². The molecule has 1 aliphatic rings. The van der Waals surface area contributed by atoms with Crippen LogP contribution in [-0.2, 0) is 4.79 Å². The van der Waals surface area contributed by atoms with E-state index in [1.165, 1.54) is 19.2 Å². The molecule has 0 spiro atoms. The van der Waals surface area contributed by atoms with Crippen LogP contribution in [0.15, 0.2) is 18.2 Å². The summed E-state index contributed by atoms with van der Waals surface area (Å²) in [5.41, 5.74) is 0.307. The van der Waals surface area contributed by atoms with E-state index in [1.54, 1.807) is 11.0 Å². The largest absolute Gasteiger partial charge is 0.494 e. The Labute approximate surface area is 147 Å². The minimum atomic E-state index is -0.547. The average molecular weight is 351 g/mol. The summed E-state index contributed by atoms with van der Waals surface area (Å²) in [4.78, 5) is 28.1. The highest BCUT2D eigenvalue weighted by atomic mass is 19.1. The second-order valence-electron chi connectivity index (χ2n) is 6.29. The lowest BCUT2D eigenvalue weighted by atomic mass is 10.1. The second-order valence-corrected chi connectivity index (χ2v) is 6.29. The minimum Gasteiger partial charge on any atom is -0.494 e. The van der Waals surface area contributed by atoms with Crippen LogP contribution in [0.1, 0.15) is 30.6 Å². The molecule has 1 aromatic rings. The molecular weight excluding hydrogens is 325 g/mol. The zero-order chi connectivity index (χ0) is 18.4. The summed E-state index contributed by atoms with van der Waals surface area (Å²) in [7, 11) is 1.39. The predicted molar refractivity (Wildman–Crippen MR) is 93.2 cm³/mol. The summed E-state index contributed by atoms with van der Waals surface area (Å²) in [5.74, 6) is -0.626. The third-order valence-corrected chi connectivity index (χ3v) is 4.45. The summed E-state index contributed by atoms with van der Waals surface area (Å²) in [6, 6.07) is 4.39. The second kappa shape index (κ2) is 8.80. The van der Waals surface area contributed by atoms with Crippen molar-refractivity contribution in [2.24, 2.45) is 0 Å². The van der Waals surface area contributed by atoms with E-state index < -0.39 is 5.82 Å². The maximum Gasteiger partial charge on any atom is 0.254 e. The Morgan fingerprint density at radius 1 is 1.28 bits per heavy atom. The molecule has 0 bridgehead atoms. The van der Waals surface area contributed by atoms with Crippen LogP contribution in [0, 0.1) is 5.82 Å². The molecule has 6 nitrogen and oxygen atoms in total. The van der Waals surface area contributed by atoms with Crippen molar-refractivity contribution in [1.29, 1.82) is 0 Å². The first kappa shape index (κ1) is 19.2. The van der Waals surface area contributed by atoms with Gasteiger partial charge in [-0.15, -0.1) is 0 Å². The first-order valence-electron chi connectivity index (χ1n) is 8.59. The quantitative estimate of drug-likeness (QED) is 0.844. The lowest BCUT2D eigenvalue weighted by molar-refractivity contribution is -0.123. The molecule has 2 amide bonds. The number of halogens is 1. The molecule has 1 aliphatic heterocycles. The molecule has 1 fully saturated rings. The third-order valence-electron chi connectivity index (χ3n) is 4.45. The van der Waals surface area contributed by atoms with E-state index in [0.717, 1.165) is 6.42 Å². The first-order valence-corrected chi connectivity index (χ1v) is 8.59. The number of methoxy groups -OCH3 is 1. The smallest absolute Gasteiger partial charge is 0.254 e. The predicted octanol–water partition coefficient (Wildman–Crippen LogP) is 1.51. The molecule has 7 heteroatoms. The average Bonchev–Trinajstić information content (AvgIpc) is 2.61. The van der Waals surface area contributed by atoms with Gasteiger partial charge in [-0.05, 0) is 31.5 Å². The van der Waals surface area contributed by atoms with Gasteiger partial charge in [0.1, 0.15) is 0 Å². The Balaban J connectivity index is 1.86. The maximum atomic E-state index is 13.8. The number of carbonyl (C=O) groups is 2. The van der Waals surface area contributed by atoms with Gasteiger partial charge in [0.25, 0.3) is 5.91 Å². The van der Waals surface area contributed by atoms with Crippen LogP contribution >= 0.6 is 0 Å². The molecule has 0 aromatic heterocycles. The van der Waals surface area contributed by atoms with Gasteiger partial charge in [0.2, 0.25) is 5.91 Å². The minimum absolute atomic E-state index is 0.00588. The molecule has 25 heavy (non-hydrogen) atoms. The van der Waals surface area contributed by atoms with Crippen LogP contribution in [0.2, 0.25) is 0 Å². The van der Waals surface area contributed by atoms with Gasteiger partial charge in [-0.1, -0.05) is 6.92 Å². The molecule has 138 valence electrons. The van der Waals surface area contributed by atoms with Crippen molar-refractivity contribution >= 4 is 11.8 Å². The zero-order valence-electron chi connectivity index (χ0n) is 15.0. The topological polar surface area (TPSA) is 61.9 Å². The number of piperazine rings is 1. The summed E-state index contributed by atoms with van der Waals surface area (Å²) in [6.07, 6.45) is 0.895. The number of nitrogens with one attached hydrogen (secondary N) is 1. The van der Waals surface area contributed by atoms with Gasteiger partial charge < -0.3 is 15.0 Å². The number of hydrogen-bond acceptors (Lipinski definition) is 4. The lowest BCUT2D eigenvalue weighted by Gasteiger charge is -2.34. The standard InChI is InChI=1S/C18H26FN3O3/c1-4-13(2)20-17(23)12-21-7-9-22(10-8-21)18(24)14-5-6-16(25-3)15(19)11-14/h5-6,11,13H,4,7-10,12H2,1-3H3,(H,20,23). The molecule has 1 aromatic carbocycles. The molecule has 1 N–H and O–H groups in total. The highest BCUT2D eigenvalue weighted by Gasteiger charge is 2.24. The Morgan fingerprint density at radius 2 is 1.96 bits per heavy atom. The molecule has 2 rings (SSSR count). The number of benzene rings is 1. The molecule has 1 saturated heterocycles. The van der Waals surface area contributed by atoms with E-state index in [4.69, 9.17) is 4.74 Å². The number of nitrogens with zero attached hydrogens (tertiary/aromatic N) is 2. The molecule has 1 atom stereocenters. The normalized spacial score (nSPS) is 16.4. The van der Waals surface area contributed by atoms with Gasteiger partial charge in [-0.25, -0.2) is 4.39 Å². The van der Waals surface area contributed by atoms with Gasteiger partial charge in [0, 0.05) is 37.8 Å². The zero-order valence-corrected chi connectivity index (χ0v) is 15.0. The maximum absolute atomic E-state index is 13.8. The van der Waals surface area contributed by atoms with Crippen LogP contribution in [0.4, 0.5) is 4.39 Å². The van der Waals surface area contributed by atoms with Crippen molar-refractivity contribution in [2.75, 3.05) is 39.8 Å². The molecule has 1 unspecified atom stereocenters. The van der Waals surface area contributed by atoms with E-state index in [9.17, 15) is 14.0 Å². The SMILES string of the molecule is CCC(C)NC(=O)CN1CCN(C(=O)c2ccc(OC)c(F)c2)CC1. The fourth-order valence-electron chi connectivity index (χ4n) is 2.72.